The first kappa shape index (κ1) is 19.5. The number of carbonyl (C=O) groups excluding carboxylic acids is 2. The fourth-order valence-corrected chi connectivity index (χ4v) is 2.76. The number of ether oxygens (including phenoxy) is 1. The number of carbonyl (C=O) groups is 2. The van der Waals surface area contributed by atoms with Crippen molar-refractivity contribution in [2.75, 3.05) is 17.2 Å². The molecule has 3 rings (SSSR count). The second-order valence-electron chi connectivity index (χ2n) is 6.07. The van der Waals surface area contributed by atoms with Gasteiger partial charge >= 0.3 is 5.97 Å². The van der Waals surface area contributed by atoms with Crippen LogP contribution in [-0.2, 0) is 9.53 Å². The predicted molar refractivity (Wildman–Crippen MR) is 111 cm³/mol. The first-order valence-corrected chi connectivity index (χ1v) is 9.05. The van der Waals surface area contributed by atoms with Crippen molar-refractivity contribution in [2.45, 2.75) is 6.92 Å². The van der Waals surface area contributed by atoms with E-state index in [1.807, 2.05) is 36.4 Å². The van der Waals surface area contributed by atoms with Crippen molar-refractivity contribution >= 4 is 40.5 Å². The molecule has 0 saturated heterocycles. The fraction of sp³-hybridized carbons (Fsp3) is 0.0909. The first-order chi connectivity index (χ1) is 13.5. The fourth-order valence-electron chi connectivity index (χ4n) is 2.59. The van der Waals surface area contributed by atoms with Gasteiger partial charge in [-0.2, -0.15) is 0 Å². The number of hydrogen-bond donors (Lipinski definition) is 2. The van der Waals surface area contributed by atoms with E-state index >= 15 is 0 Å². The van der Waals surface area contributed by atoms with E-state index in [1.54, 1.807) is 43.3 Å². The molecule has 0 aliphatic rings. The maximum absolute atomic E-state index is 12.5. The number of benzene rings is 3. The minimum absolute atomic E-state index is 0.345. The highest BCUT2D eigenvalue weighted by molar-refractivity contribution is 6.31. The highest BCUT2D eigenvalue weighted by Gasteiger charge is 2.15. The first-order valence-electron chi connectivity index (χ1n) is 8.68. The Morgan fingerprint density at radius 3 is 2.36 bits per heavy atom. The summed E-state index contributed by atoms with van der Waals surface area (Å²) >= 11 is 6.05. The van der Waals surface area contributed by atoms with Crippen molar-refractivity contribution in [3.05, 3.63) is 88.9 Å². The quantitative estimate of drug-likeness (QED) is 0.565. The van der Waals surface area contributed by atoms with Crippen molar-refractivity contribution in [1.29, 1.82) is 0 Å². The predicted octanol–water partition coefficient (Wildman–Crippen LogP) is 5.19. The van der Waals surface area contributed by atoms with Gasteiger partial charge in [0.25, 0.3) is 5.91 Å². The van der Waals surface area contributed by atoms with E-state index in [1.165, 1.54) is 0 Å². The molecule has 0 spiro atoms. The molecule has 0 unspecified atom stereocenters. The van der Waals surface area contributed by atoms with Crippen molar-refractivity contribution in [3.8, 4) is 0 Å². The second kappa shape index (κ2) is 9.06. The molecule has 142 valence electrons. The Morgan fingerprint density at radius 2 is 1.57 bits per heavy atom. The van der Waals surface area contributed by atoms with E-state index < -0.39 is 18.5 Å². The van der Waals surface area contributed by atoms with E-state index in [0.717, 1.165) is 11.3 Å². The van der Waals surface area contributed by atoms with Gasteiger partial charge < -0.3 is 15.4 Å². The standard InChI is InChI=1S/C22H19ClN2O3/c1-15-18(23)11-7-13-19(15)25-21(26)14-28-22(27)17-10-5-6-12-20(17)24-16-8-3-2-4-9-16/h2-13,24H,14H2,1H3,(H,25,26). The summed E-state index contributed by atoms with van der Waals surface area (Å²) in [5.41, 5.74) is 3.13. The van der Waals surface area contributed by atoms with Crippen LogP contribution < -0.4 is 10.6 Å². The van der Waals surface area contributed by atoms with Gasteiger partial charge in [-0.05, 0) is 48.9 Å². The molecule has 3 aromatic rings. The average Bonchev–Trinajstić information content (AvgIpc) is 2.71. The lowest BCUT2D eigenvalue weighted by Gasteiger charge is -2.12. The molecule has 0 fully saturated rings. The van der Waals surface area contributed by atoms with Crippen LogP contribution in [0.15, 0.2) is 72.8 Å². The van der Waals surface area contributed by atoms with Crippen LogP contribution in [0.25, 0.3) is 0 Å². The van der Waals surface area contributed by atoms with Gasteiger partial charge in [0.05, 0.1) is 11.3 Å². The molecule has 0 aliphatic carbocycles. The van der Waals surface area contributed by atoms with Gasteiger partial charge in [0.1, 0.15) is 0 Å². The average molecular weight is 395 g/mol. The molecule has 0 aliphatic heterocycles. The van der Waals surface area contributed by atoms with Gasteiger partial charge in [-0.3, -0.25) is 4.79 Å². The van der Waals surface area contributed by atoms with Crippen LogP contribution in [0.1, 0.15) is 15.9 Å². The number of nitrogens with one attached hydrogen (secondary N) is 2. The Hall–Kier alpha value is -3.31. The Labute approximate surface area is 168 Å². The van der Waals surface area contributed by atoms with E-state index in [2.05, 4.69) is 10.6 Å². The van der Waals surface area contributed by atoms with Crippen molar-refractivity contribution in [2.24, 2.45) is 0 Å². The molecule has 5 nitrogen and oxygen atoms in total. The molecule has 0 saturated carbocycles. The summed E-state index contributed by atoms with van der Waals surface area (Å²) < 4.78 is 5.19. The van der Waals surface area contributed by atoms with Gasteiger partial charge in [0.2, 0.25) is 0 Å². The zero-order valence-corrected chi connectivity index (χ0v) is 16.0. The maximum atomic E-state index is 12.5. The zero-order chi connectivity index (χ0) is 19.9. The van der Waals surface area contributed by atoms with Crippen LogP contribution in [0, 0.1) is 6.92 Å². The number of rotatable bonds is 6. The molecule has 0 bridgehead atoms. The number of esters is 1. The van der Waals surface area contributed by atoms with Crippen molar-refractivity contribution in [3.63, 3.8) is 0 Å². The third-order valence-electron chi connectivity index (χ3n) is 4.08. The molecule has 0 aromatic heterocycles. The van der Waals surface area contributed by atoms with Gasteiger partial charge in [-0.1, -0.05) is 48.0 Å². The minimum Gasteiger partial charge on any atom is -0.452 e. The molecule has 2 N–H and O–H groups in total. The molecule has 0 atom stereocenters. The monoisotopic (exact) mass is 394 g/mol. The number of anilines is 3. The Bertz CT molecular complexity index is 990. The lowest BCUT2D eigenvalue weighted by Crippen LogP contribution is -2.21. The summed E-state index contributed by atoms with van der Waals surface area (Å²) in [5, 5.41) is 6.43. The summed E-state index contributed by atoms with van der Waals surface area (Å²) in [7, 11) is 0. The molecular formula is C22H19ClN2O3. The Balaban J connectivity index is 1.63. The zero-order valence-electron chi connectivity index (χ0n) is 15.2. The number of hydrogen-bond acceptors (Lipinski definition) is 4. The highest BCUT2D eigenvalue weighted by Crippen LogP contribution is 2.23. The summed E-state index contributed by atoms with van der Waals surface area (Å²) in [6, 6.07) is 21.7. The SMILES string of the molecule is Cc1c(Cl)cccc1NC(=O)COC(=O)c1ccccc1Nc1ccccc1. The minimum atomic E-state index is -0.586. The van der Waals surface area contributed by atoms with Crippen LogP contribution >= 0.6 is 11.6 Å². The second-order valence-corrected chi connectivity index (χ2v) is 6.48. The van der Waals surface area contributed by atoms with Gasteiger partial charge in [0.15, 0.2) is 6.61 Å². The largest absolute Gasteiger partial charge is 0.452 e. The van der Waals surface area contributed by atoms with E-state index in [4.69, 9.17) is 16.3 Å². The lowest BCUT2D eigenvalue weighted by molar-refractivity contribution is -0.119. The smallest absolute Gasteiger partial charge is 0.340 e. The normalized spacial score (nSPS) is 10.2. The van der Waals surface area contributed by atoms with E-state index in [9.17, 15) is 9.59 Å². The number of halogens is 1. The van der Waals surface area contributed by atoms with E-state index in [0.29, 0.717) is 22.0 Å². The number of amides is 1. The van der Waals surface area contributed by atoms with Crippen LogP contribution in [0.2, 0.25) is 5.02 Å². The van der Waals surface area contributed by atoms with Gasteiger partial charge in [-0.15, -0.1) is 0 Å². The summed E-state index contributed by atoms with van der Waals surface area (Å²) in [5.74, 6) is -1.02. The molecule has 0 radical (unpaired) electrons. The molecule has 0 heterocycles. The number of para-hydroxylation sites is 2. The van der Waals surface area contributed by atoms with Crippen LogP contribution in [0.5, 0.6) is 0 Å². The topological polar surface area (TPSA) is 67.4 Å². The van der Waals surface area contributed by atoms with Crippen LogP contribution in [0.4, 0.5) is 17.1 Å². The summed E-state index contributed by atoms with van der Waals surface area (Å²) in [6.07, 6.45) is 0. The summed E-state index contributed by atoms with van der Waals surface area (Å²) in [4.78, 5) is 24.6. The van der Waals surface area contributed by atoms with Crippen LogP contribution in [-0.4, -0.2) is 18.5 Å². The molecule has 28 heavy (non-hydrogen) atoms. The third-order valence-corrected chi connectivity index (χ3v) is 4.49. The van der Waals surface area contributed by atoms with Crippen LogP contribution in [0.3, 0.4) is 0 Å². The molecule has 6 heteroatoms. The summed E-state index contributed by atoms with van der Waals surface area (Å²) in [6.45, 7) is 1.40. The van der Waals surface area contributed by atoms with E-state index in [-0.39, 0.29) is 0 Å². The lowest BCUT2D eigenvalue weighted by atomic mass is 10.1. The van der Waals surface area contributed by atoms with Crippen molar-refractivity contribution in [1.82, 2.24) is 0 Å². The maximum Gasteiger partial charge on any atom is 0.340 e. The Morgan fingerprint density at radius 1 is 0.893 bits per heavy atom. The molecular weight excluding hydrogens is 376 g/mol. The van der Waals surface area contributed by atoms with Gasteiger partial charge in [-0.25, -0.2) is 4.79 Å². The van der Waals surface area contributed by atoms with Gasteiger partial charge in [0, 0.05) is 16.4 Å². The molecule has 3 aromatic carbocycles. The van der Waals surface area contributed by atoms with Crippen molar-refractivity contribution < 1.29 is 14.3 Å². The third kappa shape index (κ3) is 4.90. The molecule has 1 amide bonds. The highest BCUT2D eigenvalue weighted by atomic mass is 35.5. The Kier molecular flexibility index (Phi) is 6.29.